The van der Waals surface area contributed by atoms with Crippen LogP contribution in [0.25, 0.3) is 0 Å². The Morgan fingerprint density at radius 3 is 2.79 bits per heavy atom. The third-order valence-electron chi connectivity index (χ3n) is 2.48. The molecule has 3 nitrogen and oxygen atoms in total. The van der Waals surface area contributed by atoms with E-state index in [-0.39, 0.29) is 6.10 Å². The van der Waals surface area contributed by atoms with Crippen molar-refractivity contribution in [1.29, 1.82) is 5.26 Å². The highest BCUT2D eigenvalue weighted by Crippen LogP contribution is 2.25. The molecule has 0 atom stereocenters. The number of anilines is 1. The highest BCUT2D eigenvalue weighted by Gasteiger charge is 2.26. The standard InChI is InChI=1S/C11H12N2O/c1-8-2-3-11(9(4-8)5-12)13-6-10(14)7-13/h2-4,10,14H,6-7H2,1H3. The molecule has 0 aliphatic carbocycles. The molecule has 1 heterocycles. The molecule has 2 rings (SSSR count). The Morgan fingerprint density at radius 1 is 1.50 bits per heavy atom. The van der Waals surface area contributed by atoms with Gasteiger partial charge in [0.05, 0.1) is 17.4 Å². The summed E-state index contributed by atoms with van der Waals surface area (Å²) in [5.41, 5.74) is 2.71. The summed E-state index contributed by atoms with van der Waals surface area (Å²) in [6, 6.07) is 7.98. The van der Waals surface area contributed by atoms with Crippen molar-refractivity contribution in [3.05, 3.63) is 29.3 Å². The summed E-state index contributed by atoms with van der Waals surface area (Å²) in [6.45, 7) is 3.24. The lowest BCUT2D eigenvalue weighted by Crippen LogP contribution is -2.51. The lowest BCUT2D eigenvalue weighted by atomic mass is 10.1. The quantitative estimate of drug-likeness (QED) is 0.716. The first-order valence-electron chi connectivity index (χ1n) is 4.64. The molecule has 0 spiro atoms. The van der Waals surface area contributed by atoms with E-state index in [2.05, 4.69) is 6.07 Å². The number of benzene rings is 1. The van der Waals surface area contributed by atoms with Gasteiger partial charge in [0.1, 0.15) is 6.07 Å². The highest BCUT2D eigenvalue weighted by molar-refractivity contribution is 5.61. The molecule has 0 saturated carbocycles. The molecule has 0 radical (unpaired) electrons. The molecule has 3 heteroatoms. The first-order valence-corrected chi connectivity index (χ1v) is 4.64. The average molecular weight is 188 g/mol. The van der Waals surface area contributed by atoms with Gasteiger partial charge in [0.2, 0.25) is 0 Å². The van der Waals surface area contributed by atoms with E-state index in [1.807, 2.05) is 30.0 Å². The second-order valence-electron chi connectivity index (χ2n) is 3.69. The van der Waals surface area contributed by atoms with E-state index in [4.69, 9.17) is 5.26 Å². The van der Waals surface area contributed by atoms with Crippen molar-refractivity contribution in [2.45, 2.75) is 13.0 Å². The Balaban J connectivity index is 2.30. The number of hydrogen-bond donors (Lipinski definition) is 1. The molecule has 1 saturated heterocycles. The molecule has 0 amide bonds. The predicted molar refractivity (Wildman–Crippen MR) is 54.1 cm³/mol. The van der Waals surface area contributed by atoms with Crippen molar-refractivity contribution in [3.63, 3.8) is 0 Å². The topological polar surface area (TPSA) is 47.3 Å². The monoisotopic (exact) mass is 188 g/mol. The third-order valence-corrected chi connectivity index (χ3v) is 2.48. The fraction of sp³-hybridized carbons (Fsp3) is 0.364. The largest absolute Gasteiger partial charge is 0.389 e. The van der Waals surface area contributed by atoms with Crippen LogP contribution in [0, 0.1) is 18.3 Å². The zero-order valence-electron chi connectivity index (χ0n) is 8.07. The molecular formula is C11H12N2O. The molecule has 0 aromatic heterocycles. The van der Waals surface area contributed by atoms with E-state index >= 15 is 0 Å². The molecule has 72 valence electrons. The summed E-state index contributed by atoms with van der Waals surface area (Å²) < 4.78 is 0. The average Bonchev–Trinajstić information content (AvgIpc) is 2.13. The second kappa shape index (κ2) is 3.32. The molecule has 1 aromatic rings. The van der Waals surface area contributed by atoms with E-state index in [1.54, 1.807) is 0 Å². The molecule has 1 fully saturated rings. The summed E-state index contributed by atoms with van der Waals surface area (Å²) in [7, 11) is 0. The summed E-state index contributed by atoms with van der Waals surface area (Å²) in [4.78, 5) is 2.02. The van der Waals surface area contributed by atoms with Crippen molar-refractivity contribution in [2.75, 3.05) is 18.0 Å². The van der Waals surface area contributed by atoms with Gasteiger partial charge < -0.3 is 10.0 Å². The SMILES string of the molecule is Cc1ccc(N2CC(O)C2)c(C#N)c1. The van der Waals surface area contributed by atoms with Crippen LogP contribution in [0.5, 0.6) is 0 Å². The zero-order chi connectivity index (χ0) is 10.1. The first kappa shape index (κ1) is 9.04. The Kier molecular flexibility index (Phi) is 2.14. The maximum atomic E-state index is 9.17. The first-order chi connectivity index (χ1) is 6.70. The lowest BCUT2D eigenvalue weighted by Gasteiger charge is -2.38. The van der Waals surface area contributed by atoms with Crippen molar-refractivity contribution in [2.24, 2.45) is 0 Å². The molecule has 0 bridgehead atoms. The van der Waals surface area contributed by atoms with Crippen LogP contribution in [0.1, 0.15) is 11.1 Å². The van der Waals surface area contributed by atoms with Crippen LogP contribution in [0.15, 0.2) is 18.2 Å². The summed E-state index contributed by atoms with van der Waals surface area (Å²) in [6.07, 6.45) is -0.233. The number of rotatable bonds is 1. The normalized spacial score (nSPS) is 16.2. The summed E-state index contributed by atoms with van der Waals surface area (Å²) in [5, 5.41) is 18.1. The Labute approximate surface area is 83.2 Å². The van der Waals surface area contributed by atoms with Crippen LogP contribution in [0.2, 0.25) is 0 Å². The molecular weight excluding hydrogens is 176 g/mol. The summed E-state index contributed by atoms with van der Waals surface area (Å²) >= 11 is 0. The minimum Gasteiger partial charge on any atom is -0.389 e. The minimum atomic E-state index is -0.233. The molecule has 1 N–H and O–H groups in total. The minimum absolute atomic E-state index is 0.233. The second-order valence-corrected chi connectivity index (χ2v) is 3.69. The van der Waals surface area contributed by atoms with E-state index in [1.165, 1.54) is 0 Å². The zero-order valence-corrected chi connectivity index (χ0v) is 8.07. The van der Waals surface area contributed by atoms with E-state index in [9.17, 15) is 5.11 Å². The highest BCUT2D eigenvalue weighted by atomic mass is 16.3. The van der Waals surface area contributed by atoms with E-state index in [0.717, 1.165) is 11.3 Å². The van der Waals surface area contributed by atoms with Crippen LogP contribution in [0.3, 0.4) is 0 Å². The van der Waals surface area contributed by atoms with Gasteiger partial charge in [0.15, 0.2) is 0 Å². The van der Waals surface area contributed by atoms with Gasteiger partial charge in [-0.25, -0.2) is 0 Å². The summed E-state index contributed by atoms with van der Waals surface area (Å²) in [5.74, 6) is 0. The number of aliphatic hydroxyl groups is 1. The van der Waals surface area contributed by atoms with Crippen molar-refractivity contribution in [1.82, 2.24) is 0 Å². The molecule has 1 aliphatic rings. The van der Waals surface area contributed by atoms with Gasteiger partial charge >= 0.3 is 0 Å². The van der Waals surface area contributed by atoms with Crippen molar-refractivity contribution < 1.29 is 5.11 Å². The smallest absolute Gasteiger partial charge is 0.101 e. The lowest BCUT2D eigenvalue weighted by molar-refractivity contribution is 0.142. The van der Waals surface area contributed by atoms with E-state index < -0.39 is 0 Å². The van der Waals surface area contributed by atoms with Crippen molar-refractivity contribution in [3.8, 4) is 6.07 Å². The number of aliphatic hydroxyl groups excluding tert-OH is 1. The number of nitrogens with zero attached hydrogens (tertiary/aromatic N) is 2. The number of nitriles is 1. The van der Waals surface area contributed by atoms with Crippen LogP contribution >= 0.6 is 0 Å². The maximum absolute atomic E-state index is 9.17. The fourth-order valence-electron chi connectivity index (χ4n) is 1.67. The van der Waals surface area contributed by atoms with Gasteiger partial charge in [0, 0.05) is 13.1 Å². The van der Waals surface area contributed by atoms with Gasteiger partial charge in [-0.2, -0.15) is 5.26 Å². The van der Waals surface area contributed by atoms with Crippen LogP contribution in [-0.2, 0) is 0 Å². The number of hydrogen-bond acceptors (Lipinski definition) is 3. The Hall–Kier alpha value is -1.53. The fourth-order valence-corrected chi connectivity index (χ4v) is 1.67. The van der Waals surface area contributed by atoms with Gasteiger partial charge in [-0.3, -0.25) is 0 Å². The predicted octanol–water partition coefficient (Wildman–Crippen LogP) is 1.05. The number of β-amino-alcohol motifs (C(OH)–C–C–N with tert-alkyl or cyclic N) is 1. The molecule has 1 aromatic carbocycles. The van der Waals surface area contributed by atoms with Gasteiger partial charge in [-0.05, 0) is 24.6 Å². The van der Waals surface area contributed by atoms with Crippen LogP contribution in [-0.4, -0.2) is 24.3 Å². The Bertz CT molecular complexity index is 389. The van der Waals surface area contributed by atoms with E-state index in [0.29, 0.717) is 18.7 Å². The molecule has 1 aliphatic heterocycles. The van der Waals surface area contributed by atoms with Gasteiger partial charge in [-0.1, -0.05) is 6.07 Å². The number of aryl methyl sites for hydroxylation is 1. The van der Waals surface area contributed by atoms with Gasteiger partial charge in [0.25, 0.3) is 0 Å². The third kappa shape index (κ3) is 1.45. The molecule has 14 heavy (non-hydrogen) atoms. The Morgan fingerprint density at radius 2 is 2.21 bits per heavy atom. The molecule has 0 unspecified atom stereocenters. The van der Waals surface area contributed by atoms with Crippen LogP contribution < -0.4 is 4.90 Å². The van der Waals surface area contributed by atoms with Crippen molar-refractivity contribution >= 4 is 5.69 Å². The maximum Gasteiger partial charge on any atom is 0.101 e. The van der Waals surface area contributed by atoms with Gasteiger partial charge in [-0.15, -0.1) is 0 Å². The van der Waals surface area contributed by atoms with Crippen LogP contribution in [0.4, 0.5) is 5.69 Å².